The number of hydrogen-bond acceptors (Lipinski definition) is 4. The SMILES string of the molecule is C=NN(C/C(Cl)=C(\C)OCc1ccc(-c2ccc(OCCCF)cc2)cc1)C(C)(C)C. The van der Waals surface area contributed by atoms with Crippen LogP contribution in [0.2, 0.25) is 0 Å². The summed E-state index contributed by atoms with van der Waals surface area (Å²) in [5, 5.41) is 6.48. The van der Waals surface area contributed by atoms with Crippen molar-refractivity contribution in [2.45, 2.75) is 46.3 Å². The van der Waals surface area contributed by atoms with Gasteiger partial charge in [-0.05, 0) is 56.5 Å². The van der Waals surface area contributed by atoms with Gasteiger partial charge < -0.3 is 9.47 Å². The van der Waals surface area contributed by atoms with Crippen molar-refractivity contribution in [1.29, 1.82) is 0 Å². The van der Waals surface area contributed by atoms with E-state index in [-0.39, 0.29) is 12.2 Å². The smallest absolute Gasteiger partial charge is 0.119 e. The Morgan fingerprint density at radius 2 is 1.65 bits per heavy atom. The molecular weight excluding hydrogens is 415 g/mol. The second-order valence-corrected chi connectivity index (χ2v) is 8.69. The van der Waals surface area contributed by atoms with E-state index in [2.05, 4.69) is 44.7 Å². The standard InChI is InChI=1S/C25H32ClFN2O2/c1-19(24(26)17-29(28-5)25(2,3)4)31-18-20-7-9-21(10-8-20)22-11-13-23(14-12-22)30-16-6-15-27/h7-14H,5-6,15-18H2,1-4H3/b24-19-. The number of alkyl halides is 1. The fraction of sp³-hybridized carbons (Fsp3) is 0.400. The van der Waals surface area contributed by atoms with Crippen LogP contribution in [0, 0.1) is 0 Å². The number of benzene rings is 2. The van der Waals surface area contributed by atoms with Crippen molar-refractivity contribution in [3.8, 4) is 16.9 Å². The van der Waals surface area contributed by atoms with E-state index in [1.165, 1.54) is 0 Å². The van der Waals surface area contributed by atoms with Crippen LogP contribution in [-0.2, 0) is 11.3 Å². The quantitative estimate of drug-likeness (QED) is 0.165. The molecule has 0 bridgehead atoms. The van der Waals surface area contributed by atoms with Gasteiger partial charge in [0.05, 0.1) is 24.9 Å². The molecule has 0 atom stereocenters. The zero-order valence-corrected chi connectivity index (χ0v) is 19.6. The number of ether oxygens (including phenoxy) is 2. The number of rotatable bonds is 11. The van der Waals surface area contributed by atoms with Gasteiger partial charge in [0.2, 0.25) is 0 Å². The van der Waals surface area contributed by atoms with Crippen molar-refractivity contribution < 1.29 is 13.9 Å². The second kappa shape index (κ2) is 11.8. The zero-order valence-electron chi connectivity index (χ0n) is 18.8. The van der Waals surface area contributed by atoms with Gasteiger partial charge in [-0.1, -0.05) is 48.0 Å². The fourth-order valence-electron chi connectivity index (χ4n) is 2.79. The lowest BCUT2D eigenvalue weighted by molar-refractivity contribution is 0.153. The summed E-state index contributed by atoms with van der Waals surface area (Å²) in [7, 11) is 0. The van der Waals surface area contributed by atoms with Gasteiger partial charge in [-0.15, -0.1) is 0 Å². The van der Waals surface area contributed by atoms with Crippen LogP contribution in [0.5, 0.6) is 5.75 Å². The van der Waals surface area contributed by atoms with Crippen molar-refractivity contribution in [1.82, 2.24) is 5.01 Å². The van der Waals surface area contributed by atoms with E-state index >= 15 is 0 Å². The average Bonchev–Trinajstić information content (AvgIpc) is 2.76. The molecule has 0 fully saturated rings. The molecule has 2 aromatic carbocycles. The molecule has 0 saturated heterocycles. The Morgan fingerprint density at radius 3 is 2.16 bits per heavy atom. The van der Waals surface area contributed by atoms with Crippen LogP contribution in [0.1, 0.15) is 39.7 Å². The van der Waals surface area contributed by atoms with Crippen molar-refractivity contribution in [3.63, 3.8) is 0 Å². The summed E-state index contributed by atoms with van der Waals surface area (Å²) >= 11 is 6.43. The number of allylic oxidation sites excluding steroid dienone is 1. The van der Waals surface area contributed by atoms with Gasteiger partial charge in [0.25, 0.3) is 0 Å². The van der Waals surface area contributed by atoms with Crippen LogP contribution in [0.15, 0.2) is 64.4 Å². The summed E-state index contributed by atoms with van der Waals surface area (Å²) in [4.78, 5) is 0. The predicted octanol–water partition coefficient (Wildman–Crippen LogP) is 6.80. The summed E-state index contributed by atoms with van der Waals surface area (Å²) in [6.07, 6.45) is 0.408. The molecule has 0 unspecified atom stereocenters. The third-order valence-electron chi connectivity index (χ3n) is 4.76. The molecule has 0 heterocycles. The summed E-state index contributed by atoms with van der Waals surface area (Å²) in [6, 6.07) is 16.0. The van der Waals surface area contributed by atoms with Gasteiger partial charge in [0.15, 0.2) is 0 Å². The maximum absolute atomic E-state index is 12.2. The molecule has 0 saturated carbocycles. The van der Waals surface area contributed by atoms with E-state index in [0.29, 0.717) is 37.0 Å². The zero-order chi connectivity index (χ0) is 22.9. The molecule has 0 aliphatic carbocycles. The highest BCUT2D eigenvalue weighted by Crippen LogP contribution is 2.24. The lowest BCUT2D eigenvalue weighted by atomic mass is 10.0. The Labute approximate surface area is 190 Å². The molecule has 0 aliphatic rings. The second-order valence-electron chi connectivity index (χ2n) is 8.23. The average molecular weight is 447 g/mol. The van der Waals surface area contributed by atoms with E-state index in [1.807, 2.05) is 48.3 Å². The highest BCUT2D eigenvalue weighted by Gasteiger charge is 2.20. The molecule has 6 heteroatoms. The predicted molar refractivity (Wildman–Crippen MR) is 127 cm³/mol. The van der Waals surface area contributed by atoms with Crippen LogP contribution in [0.3, 0.4) is 0 Å². The van der Waals surface area contributed by atoms with Crippen LogP contribution in [0.4, 0.5) is 4.39 Å². The van der Waals surface area contributed by atoms with Crippen molar-refractivity contribution in [3.05, 3.63) is 64.9 Å². The van der Waals surface area contributed by atoms with Crippen LogP contribution < -0.4 is 4.74 Å². The Balaban J connectivity index is 1.94. The molecule has 4 nitrogen and oxygen atoms in total. The lowest BCUT2D eigenvalue weighted by Crippen LogP contribution is -2.38. The van der Waals surface area contributed by atoms with E-state index in [4.69, 9.17) is 21.1 Å². The summed E-state index contributed by atoms with van der Waals surface area (Å²) in [5.74, 6) is 1.42. The molecule has 168 valence electrons. The number of hydrazone groups is 1. The Hall–Kier alpha value is -2.53. The molecule has 31 heavy (non-hydrogen) atoms. The molecule has 2 rings (SSSR count). The van der Waals surface area contributed by atoms with Gasteiger partial charge in [-0.3, -0.25) is 9.40 Å². The topological polar surface area (TPSA) is 34.1 Å². The van der Waals surface area contributed by atoms with Gasteiger partial charge in [-0.25, -0.2) is 0 Å². The first-order chi connectivity index (χ1) is 14.7. The fourth-order valence-corrected chi connectivity index (χ4v) is 2.96. The van der Waals surface area contributed by atoms with Crippen LogP contribution >= 0.6 is 11.6 Å². The number of hydrogen-bond donors (Lipinski definition) is 0. The highest BCUT2D eigenvalue weighted by atomic mass is 35.5. The van der Waals surface area contributed by atoms with Crippen molar-refractivity contribution >= 4 is 18.3 Å². The van der Waals surface area contributed by atoms with Crippen LogP contribution in [-0.4, -0.2) is 37.1 Å². The first kappa shape index (κ1) is 24.7. The molecule has 0 aromatic heterocycles. The number of nitrogens with zero attached hydrogens (tertiary/aromatic N) is 2. The number of halogens is 2. The maximum Gasteiger partial charge on any atom is 0.119 e. The summed E-state index contributed by atoms with van der Waals surface area (Å²) in [5.41, 5.74) is 3.07. The third-order valence-corrected chi connectivity index (χ3v) is 5.14. The minimum absolute atomic E-state index is 0.170. The van der Waals surface area contributed by atoms with Crippen molar-refractivity contribution in [2.24, 2.45) is 5.10 Å². The molecule has 0 N–H and O–H groups in total. The molecular formula is C25H32ClFN2O2. The van der Waals surface area contributed by atoms with E-state index in [9.17, 15) is 4.39 Å². The normalized spacial score (nSPS) is 12.2. The first-order valence-electron chi connectivity index (χ1n) is 10.3. The van der Waals surface area contributed by atoms with E-state index < -0.39 is 0 Å². The minimum atomic E-state index is -0.364. The van der Waals surface area contributed by atoms with Crippen LogP contribution in [0.25, 0.3) is 11.1 Å². The first-order valence-corrected chi connectivity index (χ1v) is 10.7. The molecule has 0 radical (unpaired) electrons. The van der Waals surface area contributed by atoms with Gasteiger partial charge >= 0.3 is 0 Å². The lowest BCUT2D eigenvalue weighted by Gasteiger charge is -2.32. The molecule has 0 aliphatic heterocycles. The highest BCUT2D eigenvalue weighted by molar-refractivity contribution is 6.30. The Kier molecular flexibility index (Phi) is 9.38. The largest absolute Gasteiger partial charge is 0.493 e. The van der Waals surface area contributed by atoms with E-state index in [1.54, 1.807) is 0 Å². The third kappa shape index (κ3) is 7.91. The van der Waals surface area contributed by atoms with Gasteiger partial charge in [-0.2, -0.15) is 5.10 Å². The monoisotopic (exact) mass is 446 g/mol. The summed E-state index contributed by atoms with van der Waals surface area (Å²) < 4.78 is 23.5. The minimum Gasteiger partial charge on any atom is -0.493 e. The van der Waals surface area contributed by atoms with E-state index in [0.717, 1.165) is 22.4 Å². The van der Waals surface area contributed by atoms with Gasteiger partial charge in [0.1, 0.15) is 18.1 Å². The Morgan fingerprint density at radius 1 is 1.06 bits per heavy atom. The maximum atomic E-state index is 12.2. The molecule has 0 amide bonds. The molecule has 0 spiro atoms. The summed E-state index contributed by atoms with van der Waals surface area (Å²) in [6.45, 7) is 12.5. The van der Waals surface area contributed by atoms with Crippen molar-refractivity contribution in [2.75, 3.05) is 19.8 Å². The molecule has 2 aromatic rings. The van der Waals surface area contributed by atoms with Gasteiger partial charge in [0, 0.05) is 18.7 Å². The Bertz CT molecular complexity index is 859.